The quantitative estimate of drug-likeness (QED) is 0.817. The number of nitrogen functional groups attached to an aromatic ring is 1. The number of nitrogens with two attached hydrogens (primary N) is 1. The van der Waals surface area contributed by atoms with Crippen LogP contribution >= 0.6 is 11.3 Å². The van der Waals surface area contributed by atoms with Crippen LogP contribution in [0.25, 0.3) is 0 Å². The van der Waals surface area contributed by atoms with Crippen LogP contribution in [0.5, 0.6) is 10.9 Å². The van der Waals surface area contributed by atoms with Crippen molar-refractivity contribution in [3.63, 3.8) is 0 Å². The Morgan fingerprint density at radius 1 is 1.38 bits per heavy atom. The number of nitrogens with zero attached hydrogens (tertiary/aromatic N) is 1. The summed E-state index contributed by atoms with van der Waals surface area (Å²) in [6.45, 7) is 3.87. The Kier molecular flexibility index (Phi) is 2.78. The third-order valence-electron chi connectivity index (χ3n) is 2.19. The lowest BCUT2D eigenvalue weighted by Gasteiger charge is -2.02. The summed E-state index contributed by atoms with van der Waals surface area (Å²) in [5.41, 5.74) is 6.40. The first kappa shape index (κ1) is 10.9. The van der Waals surface area contributed by atoms with Crippen molar-refractivity contribution in [3.8, 4) is 10.9 Å². The van der Waals surface area contributed by atoms with E-state index in [4.69, 9.17) is 10.5 Å². The molecule has 2 aromatic rings. The molecule has 1 aromatic carbocycles. The smallest absolute Gasteiger partial charge is 0.279 e. The van der Waals surface area contributed by atoms with Gasteiger partial charge in [0.25, 0.3) is 5.19 Å². The molecule has 0 saturated carbocycles. The number of halogens is 1. The summed E-state index contributed by atoms with van der Waals surface area (Å²) >= 11 is 1.43. The van der Waals surface area contributed by atoms with E-state index in [1.54, 1.807) is 6.07 Å². The number of aryl methyl sites for hydroxylation is 2. The number of thiazole rings is 1. The molecular formula is C11H11FN2OS. The minimum Gasteiger partial charge on any atom is -0.431 e. The SMILES string of the molecule is Cc1nc(Oc2ccc(N)c(F)c2)sc1C. The number of aromatic nitrogens is 1. The average molecular weight is 238 g/mol. The maximum absolute atomic E-state index is 13.1. The second kappa shape index (κ2) is 4.09. The molecule has 0 amide bonds. The Morgan fingerprint density at radius 2 is 2.12 bits per heavy atom. The topological polar surface area (TPSA) is 48.1 Å². The lowest BCUT2D eigenvalue weighted by atomic mass is 10.3. The molecule has 1 aromatic heterocycles. The molecule has 3 nitrogen and oxygen atoms in total. The van der Waals surface area contributed by atoms with Crippen LogP contribution in [0.1, 0.15) is 10.6 Å². The predicted octanol–water partition coefficient (Wildman–Crippen LogP) is 3.27. The second-order valence-corrected chi connectivity index (χ2v) is 4.57. The molecule has 0 bridgehead atoms. The third-order valence-corrected chi connectivity index (χ3v) is 3.14. The van der Waals surface area contributed by atoms with Gasteiger partial charge in [0.1, 0.15) is 11.6 Å². The minimum atomic E-state index is -0.484. The molecule has 84 valence electrons. The molecule has 2 N–H and O–H groups in total. The summed E-state index contributed by atoms with van der Waals surface area (Å²) in [7, 11) is 0. The molecule has 5 heteroatoms. The van der Waals surface area contributed by atoms with Crippen molar-refractivity contribution in [1.82, 2.24) is 4.98 Å². The van der Waals surface area contributed by atoms with E-state index in [1.807, 2.05) is 13.8 Å². The standard InChI is InChI=1S/C11H11FN2OS/c1-6-7(2)16-11(14-6)15-8-3-4-10(13)9(12)5-8/h3-5H,13H2,1-2H3. The highest BCUT2D eigenvalue weighted by Crippen LogP contribution is 2.29. The zero-order valence-electron chi connectivity index (χ0n) is 8.95. The molecule has 0 aliphatic carbocycles. The van der Waals surface area contributed by atoms with Gasteiger partial charge in [-0.25, -0.2) is 9.37 Å². The van der Waals surface area contributed by atoms with Crippen LogP contribution in [0, 0.1) is 19.7 Å². The van der Waals surface area contributed by atoms with Gasteiger partial charge in [-0.2, -0.15) is 0 Å². The van der Waals surface area contributed by atoms with E-state index >= 15 is 0 Å². The van der Waals surface area contributed by atoms with Crippen LogP contribution in [0.2, 0.25) is 0 Å². The van der Waals surface area contributed by atoms with E-state index in [2.05, 4.69) is 4.98 Å². The van der Waals surface area contributed by atoms with Crippen molar-refractivity contribution in [2.75, 3.05) is 5.73 Å². The summed E-state index contributed by atoms with van der Waals surface area (Å²) in [4.78, 5) is 5.29. The molecule has 16 heavy (non-hydrogen) atoms. The van der Waals surface area contributed by atoms with Crippen LogP contribution in [-0.2, 0) is 0 Å². The molecule has 0 aliphatic rings. The summed E-state index contributed by atoms with van der Waals surface area (Å²) in [5.74, 6) is -0.0806. The van der Waals surface area contributed by atoms with Gasteiger partial charge in [0.2, 0.25) is 0 Å². The molecule has 0 unspecified atom stereocenters. The highest BCUT2D eigenvalue weighted by molar-refractivity contribution is 7.13. The Balaban J connectivity index is 2.23. The van der Waals surface area contributed by atoms with Crippen molar-refractivity contribution < 1.29 is 9.13 Å². The third kappa shape index (κ3) is 2.14. The van der Waals surface area contributed by atoms with Gasteiger partial charge in [-0.05, 0) is 26.0 Å². The number of hydrogen-bond donors (Lipinski definition) is 1. The van der Waals surface area contributed by atoms with Crippen molar-refractivity contribution in [1.29, 1.82) is 0 Å². The molecule has 2 rings (SSSR count). The number of benzene rings is 1. The van der Waals surface area contributed by atoms with Gasteiger partial charge in [0, 0.05) is 10.9 Å². The van der Waals surface area contributed by atoms with Crippen LogP contribution in [-0.4, -0.2) is 4.98 Å². The first-order chi connectivity index (χ1) is 7.56. The second-order valence-electron chi connectivity index (χ2n) is 3.41. The normalized spacial score (nSPS) is 10.4. The highest BCUT2D eigenvalue weighted by atomic mass is 32.1. The minimum absolute atomic E-state index is 0.110. The van der Waals surface area contributed by atoms with Crippen molar-refractivity contribution >= 4 is 17.0 Å². The maximum Gasteiger partial charge on any atom is 0.279 e. The van der Waals surface area contributed by atoms with E-state index in [-0.39, 0.29) is 5.69 Å². The van der Waals surface area contributed by atoms with Gasteiger partial charge in [0.15, 0.2) is 0 Å². The van der Waals surface area contributed by atoms with Crippen LogP contribution < -0.4 is 10.5 Å². The summed E-state index contributed by atoms with van der Waals surface area (Å²) in [6, 6.07) is 4.34. The lowest BCUT2D eigenvalue weighted by molar-refractivity contribution is 0.473. The summed E-state index contributed by atoms with van der Waals surface area (Å²) < 4.78 is 18.6. The Bertz CT molecular complexity index is 505. The van der Waals surface area contributed by atoms with Gasteiger partial charge in [-0.3, -0.25) is 0 Å². The van der Waals surface area contributed by atoms with Crippen molar-refractivity contribution in [2.24, 2.45) is 0 Å². The van der Waals surface area contributed by atoms with E-state index in [0.29, 0.717) is 10.9 Å². The molecule has 0 saturated heterocycles. The van der Waals surface area contributed by atoms with Crippen LogP contribution in [0.4, 0.5) is 10.1 Å². The van der Waals surface area contributed by atoms with E-state index in [1.165, 1.54) is 23.5 Å². The number of anilines is 1. The number of ether oxygens (including phenoxy) is 1. The average Bonchev–Trinajstić information content (AvgIpc) is 2.52. The molecule has 0 atom stereocenters. The van der Waals surface area contributed by atoms with Gasteiger partial charge in [-0.1, -0.05) is 11.3 Å². The van der Waals surface area contributed by atoms with Crippen LogP contribution in [0.3, 0.4) is 0 Å². The molecule has 0 radical (unpaired) electrons. The number of rotatable bonds is 2. The Hall–Kier alpha value is -1.62. The Labute approximate surface area is 96.7 Å². The molecule has 1 heterocycles. The predicted molar refractivity (Wildman–Crippen MR) is 62.5 cm³/mol. The van der Waals surface area contributed by atoms with Gasteiger partial charge >= 0.3 is 0 Å². The fourth-order valence-corrected chi connectivity index (χ4v) is 1.93. The Morgan fingerprint density at radius 3 is 2.69 bits per heavy atom. The van der Waals surface area contributed by atoms with Gasteiger partial charge in [0.05, 0.1) is 11.4 Å². The van der Waals surface area contributed by atoms with E-state index in [9.17, 15) is 4.39 Å². The van der Waals surface area contributed by atoms with Gasteiger partial charge in [-0.15, -0.1) is 0 Å². The van der Waals surface area contributed by atoms with E-state index in [0.717, 1.165) is 10.6 Å². The fraction of sp³-hybridized carbons (Fsp3) is 0.182. The number of hydrogen-bond acceptors (Lipinski definition) is 4. The fourth-order valence-electron chi connectivity index (χ4n) is 1.16. The molecular weight excluding hydrogens is 227 g/mol. The van der Waals surface area contributed by atoms with Crippen molar-refractivity contribution in [3.05, 3.63) is 34.6 Å². The van der Waals surface area contributed by atoms with Crippen LogP contribution in [0.15, 0.2) is 18.2 Å². The largest absolute Gasteiger partial charge is 0.431 e. The molecule has 0 aliphatic heterocycles. The highest BCUT2D eigenvalue weighted by Gasteiger charge is 2.07. The van der Waals surface area contributed by atoms with E-state index < -0.39 is 5.82 Å². The summed E-state index contributed by atoms with van der Waals surface area (Å²) in [5, 5.41) is 0.513. The summed E-state index contributed by atoms with van der Waals surface area (Å²) in [6.07, 6.45) is 0. The maximum atomic E-state index is 13.1. The lowest BCUT2D eigenvalue weighted by Crippen LogP contribution is -1.91. The van der Waals surface area contributed by atoms with Crippen molar-refractivity contribution in [2.45, 2.75) is 13.8 Å². The zero-order valence-corrected chi connectivity index (χ0v) is 9.77. The molecule has 0 fully saturated rings. The first-order valence-electron chi connectivity index (χ1n) is 4.73. The monoisotopic (exact) mass is 238 g/mol. The van der Waals surface area contributed by atoms with Gasteiger partial charge < -0.3 is 10.5 Å². The molecule has 0 spiro atoms. The first-order valence-corrected chi connectivity index (χ1v) is 5.55. The zero-order chi connectivity index (χ0) is 11.7.